The van der Waals surface area contributed by atoms with Crippen molar-refractivity contribution in [3.63, 3.8) is 0 Å². The molecule has 1 saturated heterocycles. The number of aryl methyl sites for hydroxylation is 2. The van der Waals surface area contributed by atoms with Crippen molar-refractivity contribution in [1.82, 2.24) is 24.9 Å². The first-order chi connectivity index (χ1) is 21.3. The Morgan fingerprint density at radius 1 is 1.05 bits per heavy atom. The molecule has 0 aliphatic carbocycles. The van der Waals surface area contributed by atoms with Gasteiger partial charge in [-0.15, -0.1) is 11.3 Å². The van der Waals surface area contributed by atoms with Gasteiger partial charge in [0, 0.05) is 62.3 Å². The molecule has 2 aliphatic rings. The highest BCUT2D eigenvalue weighted by atomic mass is 32.1. The van der Waals surface area contributed by atoms with E-state index in [-0.39, 0.29) is 17.9 Å². The Balaban J connectivity index is 1.05. The minimum absolute atomic E-state index is 0.100. The van der Waals surface area contributed by atoms with Crippen LogP contribution in [0.15, 0.2) is 60.8 Å². The van der Waals surface area contributed by atoms with Crippen molar-refractivity contribution in [2.75, 3.05) is 43.5 Å². The largest absolute Gasteiger partial charge is 0.465 e. The Labute approximate surface area is 260 Å². The molecular formula is C32H35N7O4S. The van der Waals surface area contributed by atoms with Crippen molar-refractivity contribution in [3.05, 3.63) is 92.8 Å². The number of aromatic nitrogens is 2. The molecule has 0 spiro atoms. The van der Waals surface area contributed by atoms with Crippen molar-refractivity contribution in [2.24, 2.45) is 7.05 Å². The number of amides is 3. The summed E-state index contributed by atoms with van der Waals surface area (Å²) in [5.41, 5.74) is 5.07. The third kappa shape index (κ3) is 6.03. The van der Waals surface area contributed by atoms with Crippen molar-refractivity contribution in [3.8, 4) is 0 Å². The average Bonchev–Trinajstić information content (AvgIpc) is 3.60. The summed E-state index contributed by atoms with van der Waals surface area (Å²) >= 11 is 1.44. The molecule has 12 heteroatoms. The summed E-state index contributed by atoms with van der Waals surface area (Å²) < 4.78 is 6.58. The zero-order chi connectivity index (χ0) is 30.8. The molecule has 1 fully saturated rings. The van der Waals surface area contributed by atoms with Crippen LogP contribution in [-0.2, 0) is 31.4 Å². The molecule has 0 atom stereocenters. The first kappa shape index (κ1) is 29.4. The molecule has 228 valence electrons. The SMILES string of the molecule is COC(=O)c1ccc(CN2CCN(C(=O)NCc3ccc(C(=O)N4Cc5cnn(C)c5Nc5ccccc54)cc3C)CC2)s1. The molecular weight excluding hydrogens is 578 g/mol. The van der Waals surface area contributed by atoms with Crippen LogP contribution in [-0.4, -0.2) is 70.8 Å². The van der Waals surface area contributed by atoms with Crippen molar-refractivity contribution in [1.29, 1.82) is 0 Å². The van der Waals surface area contributed by atoms with Crippen LogP contribution in [0.25, 0.3) is 0 Å². The number of hydrogen-bond donors (Lipinski definition) is 2. The Morgan fingerprint density at radius 3 is 2.61 bits per heavy atom. The lowest BCUT2D eigenvalue weighted by molar-refractivity contribution is 0.0606. The number of esters is 1. The van der Waals surface area contributed by atoms with E-state index in [2.05, 4.69) is 20.6 Å². The van der Waals surface area contributed by atoms with Gasteiger partial charge in [-0.05, 0) is 54.4 Å². The smallest absolute Gasteiger partial charge is 0.348 e. The van der Waals surface area contributed by atoms with Crippen LogP contribution in [0.5, 0.6) is 0 Å². The number of fused-ring (bicyclic) bond motifs is 2. The van der Waals surface area contributed by atoms with Gasteiger partial charge in [-0.25, -0.2) is 9.59 Å². The van der Waals surface area contributed by atoms with E-state index in [4.69, 9.17) is 4.74 Å². The lowest BCUT2D eigenvalue weighted by atomic mass is 10.0. The summed E-state index contributed by atoms with van der Waals surface area (Å²) in [5.74, 6) is 0.452. The van der Waals surface area contributed by atoms with Crippen LogP contribution in [0.4, 0.5) is 22.0 Å². The second-order valence-electron chi connectivity index (χ2n) is 11.0. The van der Waals surface area contributed by atoms with Crippen LogP contribution < -0.4 is 15.5 Å². The number of hydrogen-bond acceptors (Lipinski definition) is 8. The van der Waals surface area contributed by atoms with Gasteiger partial charge in [0.25, 0.3) is 5.91 Å². The van der Waals surface area contributed by atoms with E-state index in [1.807, 2.05) is 67.4 Å². The Bertz CT molecular complexity index is 1710. The Kier molecular flexibility index (Phi) is 8.36. The van der Waals surface area contributed by atoms with Gasteiger partial charge in [0.05, 0.1) is 31.2 Å². The molecule has 2 aliphatic heterocycles. The molecule has 0 bridgehead atoms. The summed E-state index contributed by atoms with van der Waals surface area (Å²) in [6.07, 6.45) is 1.79. The Hall–Kier alpha value is -4.68. The fourth-order valence-electron chi connectivity index (χ4n) is 5.61. The summed E-state index contributed by atoms with van der Waals surface area (Å²) in [7, 11) is 3.26. The maximum Gasteiger partial charge on any atom is 0.348 e. The molecule has 3 amide bonds. The lowest BCUT2D eigenvalue weighted by Crippen LogP contribution is -2.51. The second-order valence-corrected chi connectivity index (χ2v) is 12.2. The normalized spacial score (nSPS) is 14.7. The molecule has 11 nitrogen and oxygen atoms in total. The number of benzene rings is 2. The topological polar surface area (TPSA) is 112 Å². The number of anilines is 3. The van der Waals surface area contributed by atoms with Crippen molar-refractivity contribution >= 4 is 46.4 Å². The lowest BCUT2D eigenvalue weighted by Gasteiger charge is -2.34. The van der Waals surface area contributed by atoms with E-state index in [0.717, 1.165) is 58.4 Å². The highest BCUT2D eigenvalue weighted by Gasteiger charge is 2.27. The van der Waals surface area contributed by atoms with Crippen LogP contribution >= 0.6 is 11.3 Å². The summed E-state index contributed by atoms with van der Waals surface area (Å²) in [6, 6.07) is 17.1. The van der Waals surface area contributed by atoms with Gasteiger partial charge in [0.2, 0.25) is 0 Å². The number of thiophene rings is 1. The number of nitrogens with zero attached hydrogens (tertiary/aromatic N) is 5. The highest BCUT2D eigenvalue weighted by Crippen LogP contribution is 2.36. The van der Waals surface area contributed by atoms with E-state index in [9.17, 15) is 14.4 Å². The molecule has 2 N–H and O–H groups in total. The van der Waals surface area contributed by atoms with E-state index < -0.39 is 0 Å². The molecule has 0 radical (unpaired) electrons. The first-order valence-electron chi connectivity index (χ1n) is 14.5. The second kappa shape index (κ2) is 12.5. The number of rotatable bonds is 6. The summed E-state index contributed by atoms with van der Waals surface area (Å²) in [4.78, 5) is 46.1. The molecule has 6 rings (SSSR count). The Morgan fingerprint density at radius 2 is 1.84 bits per heavy atom. The third-order valence-corrected chi connectivity index (χ3v) is 9.19. The van der Waals surface area contributed by atoms with Crippen LogP contribution in [0, 0.1) is 6.92 Å². The monoisotopic (exact) mass is 613 g/mol. The maximum atomic E-state index is 13.8. The zero-order valence-corrected chi connectivity index (χ0v) is 25.8. The molecule has 0 unspecified atom stereocenters. The highest BCUT2D eigenvalue weighted by molar-refractivity contribution is 7.13. The van der Waals surface area contributed by atoms with Crippen molar-refractivity contribution in [2.45, 2.75) is 26.6 Å². The number of piperazine rings is 1. The fourth-order valence-corrected chi connectivity index (χ4v) is 6.58. The quantitative estimate of drug-likeness (QED) is 0.308. The van der Waals surface area contributed by atoms with Crippen LogP contribution in [0.3, 0.4) is 0 Å². The minimum atomic E-state index is -0.316. The molecule has 44 heavy (non-hydrogen) atoms. The van der Waals surface area contributed by atoms with Gasteiger partial charge < -0.3 is 25.2 Å². The van der Waals surface area contributed by atoms with E-state index in [1.165, 1.54) is 18.4 Å². The molecule has 4 aromatic rings. The number of urea groups is 1. The average molecular weight is 614 g/mol. The number of carbonyl (C=O) groups excluding carboxylic acids is 3. The van der Waals surface area contributed by atoms with E-state index in [1.54, 1.807) is 21.8 Å². The van der Waals surface area contributed by atoms with Crippen LogP contribution in [0.1, 0.15) is 41.6 Å². The van der Waals surface area contributed by atoms with Crippen LogP contribution in [0.2, 0.25) is 0 Å². The fraction of sp³-hybridized carbons (Fsp3) is 0.312. The van der Waals surface area contributed by atoms with Gasteiger partial charge >= 0.3 is 12.0 Å². The summed E-state index contributed by atoms with van der Waals surface area (Å²) in [6.45, 7) is 6.23. The molecule has 2 aromatic heterocycles. The zero-order valence-electron chi connectivity index (χ0n) is 25.0. The van der Waals surface area contributed by atoms with Gasteiger partial charge in [0.1, 0.15) is 10.7 Å². The third-order valence-electron chi connectivity index (χ3n) is 8.14. The number of carbonyl (C=O) groups is 3. The van der Waals surface area contributed by atoms with E-state index in [0.29, 0.717) is 36.6 Å². The molecule has 2 aromatic carbocycles. The molecule has 0 saturated carbocycles. The minimum Gasteiger partial charge on any atom is -0.465 e. The van der Waals surface area contributed by atoms with Gasteiger partial charge in [-0.2, -0.15) is 5.10 Å². The first-order valence-corrected chi connectivity index (χ1v) is 15.3. The predicted octanol–water partition coefficient (Wildman–Crippen LogP) is 4.51. The van der Waals surface area contributed by atoms with Gasteiger partial charge in [0.15, 0.2) is 0 Å². The number of ether oxygens (including phenoxy) is 1. The number of nitrogens with one attached hydrogen (secondary N) is 2. The van der Waals surface area contributed by atoms with Crippen molar-refractivity contribution < 1.29 is 19.1 Å². The standard InChI is InChI=1S/C32H35N7O4S/c1-21-16-22(30(40)39-19-24-18-34-36(2)29(24)35-26-6-4-5-7-27(26)39)8-9-23(21)17-33-32(42)38-14-12-37(13-15-38)20-25-10-11-28(44-25)31(41)43-3/h4-11,16,18,35H,12-15,17,19-20H2,1-3H3,(H,33,42). The van der Waals surface area contributed by atoms with Gasteiger partial charge in [-0.3, -0.25) is 14.4 Å². The summed E-state index contributed by atoms with van der Waals surface area (Å²) in [5, 5.41) is 10.8. The number of para-hydroxylation sites is 2. The maximum absolute atomic E-state index is 13.8. The predicted molar refractivity (Wildman–Crippen MR) is 169 cm³/mol. The van der Waals surface area contributed by atoms with Gasteiger partial charge in [-0.1, -0.05) is 18.2 Å². The number of methoxy groups -OCH3 is 1. The van der Waals surface area contributed by atoms with E-state index >= 15 is 0 Å². The molecule has 4 heterocycles.